The van der Waals surface area contributed by atoms with Gasteiger partial charge >= 0.3 is 0 Å². The van der Waals surface area contributed by atoms with Crippen molar-refractivity contribution in [3.63, 3.8) is 0 Å². The quantitative estimate of drug-likeness (QED) is 0.911. The van der Waals surface area contributed by atoms with Crippen LogP contribution in [0.3, 0.4) is 0 Å². The van der Waals surface area contributed by atoms with E-state index in [-0.39, 0.29) is 0 Å². The largest absolute Gasteiger partial charge is 0.496 e. The Kier molecular flexibility index (Phi) is 4.10. The number of rotatable bonds is 4. The highest BCUT2D eigenvalue weighted by molar-refractivity contribution is 9.10. The van der Waals surface area contributed by atoms with Gasteiger partial charge in [0.2, 0.25) is 0 Å². The monoisotopic (exact) mass is 297 g/mol. The summed E-state index contributed by atoms with van der Waals surface area (Å²) in [5, 5.41) is 3.68. The van der Waals surface area contributed by atoms with E-state index in [1.807, 2.05) is 6.07 Å². The topological polar surface area (TPSA) is 21.3 Å². The number of ether oxygens (including phenoxy) is 1. The highest BCUT2D eigenvalue weighted by atomic mass is 79.9. The van der Waals surface area contributed by atoms with E-state index in [2.05, 4.69) is 40.3 Å². The Morgan fingerprint density at radius 2 is 2.06 bits per heavy atom. The Morgan fingerprint density at radius 1 is 1.35 bits per heavy atom. The predicted molar refractivity (Wildman–Crippen MR) is 74.4 cm³/mol. The summed E-state index contributed by atoms with van der Waals surface area (Å²) >= 11 is 3.52. The normalized spacial score (nSPS) is 18.3. The molecule has 0 heterocycles. The van der Waals surface area contributed by atoms with Crippen LogP contribution in [0.1, 0.15) is 38.2 Å². The summed E-state index contributed by atoms with van der Waals surface area (Å²) in [5.41, 5.74) is 1.64. The predicted octanol–water partition coefficient (Wildman–Crippen LogP) is 3.88. The highest BCUT2D eigenvalue weighted by Gasteiger charge is 2.27. The van der Waals surface area contributed by atoms with Crippen LogP contribution in [-0.2, 0) is 6.54 Å². The Labute approximate surface area is 112 Å². The second-order valence-corrected chi connectivity index (χ2v) is 5.94. The molecule has 0 saturated heterocycles. The van der Waals surface area contributed by atoms with Crippen molar-refractivity contribution in [3.8, 4) is 5.75 Å². The average Bonchev–Trinajstić information content (AvgIpc) is 2.74. The van der Waals surface area contributed by atoms with E-state index in [9.17, 15) is 0 Å². The van der Waals surface area contributed by atoms with Gasteiger partial charge in [-0.2, -0.15) is 0 Å². The highest BCUT2D eigenvalue weighted by Crippen LogP contribution is 2.30. The lowest BCUT2D eigenvalue weighted by Gasteiger charge is -2.25. The van der Waals surface area contributed by atoms with Crippen LogP contribution in [0.5, 0.6) is 5.75 Å². The molecule has 0 aromatic heterocycles. The minimum atomic E-state index is 0.340. The van der Waals surface area contributed by atoms with E-state index in [0.717, 1.165) is 16.8 Å². The van der Waals surface area contributed by atoms with E-state index in [0.29, 0.717) is 5.54 Å². The molecular formula is C14H20BrNO. The van der Waals surface area contributed by atoms with E-state index in [1.165, 1.54) is 31.2 Å². The molecule has 0 radical (unpaired) electrons. The first kappa shape index (κ1) is 12.9. The lowest BCUT2D eigenvalue weighted by atomic mass is 10.0. The number of methoxy groups -OCH3 is 1. The Balaban J connectivity index is 1.97. The maximum absolute atomic E-state index is 5.23. The first-order valence-electron chi connectivity index (χ1n) is 6.20. The van der Waals surface area contributed by atoms with Crippen LogP contribution >= 0.6 is 15.9 Å². The number of hydrogen-bond donors (Lipinski definition) is 1. The zero-order chi connectivity index (χ0) is 12.3. The maximum Gasteiger partial charge on any atom is 0.133 e. The molecule has 1 N–H and O–H groups in total. The van der Waals surface area contributed by atoms with E-state index >= 15 is 0 Å². The van der Waals surface area contributed by atoms with Crippen LogP contribution in [0.25, 0.3) is 0 Å². The molecule has 1 aromatic carbocycles. The standard InChI is InChI=1S/C14H20BrNO/c1-14(7-3-4-8-14)16-10-11-5-6-13(17-2)12(15)9-11/h5-6,9,16H,3-4,7-8,10H2,1-2H3. The molecule has 2 rings (SSSR count). The van der Waals surface area contributed by atoms with Gasteiger partial charge in [0.15, 0.2) is 0 Å². The molecule has 3 heteroatoms. The zero-order valence-corrected chi connectivity index (χ0v) is 12.1. The van der Waals surface area contributed by atoms with Crippen LogP contribution in [0.2, 0.25) is 0 Å². The number of halogens is 1. The average molecular weight is 298 g/mol. The van der Waals surface area contributed by atoms with Gasteiger partial charge in [-0.3, -0.25) is 0 Å². The number of hydrogen-bond acceptors (Lipinski definition) is 2. The van der Waals surface area contributed by atoms with E-state index in [4.69, 9.17) is 4.74 Å². The maximum atomic E-state index is 5.23. The number of nitrogens with one attached hydrogen (secondary N) is 1. The van der Waals surface area contributed by atoms with Crippen LogP contribution in [0.15, 0.2) is 22.7 Å². The SMILES string of the molecule is COc1ccc(CNC2(C)CCCC2)cc1Br. The summed E-state index contributed by atoms with van der Waals surface area (Å²) in [6.07, 6.45) is 5.31. The summed E-state index contributed by atoms with van der Waals surface area (Å²) in [5.74, 6) is 0.890. The molecule has 0 aliphatic heterocycles. The van der Waals surface area contributed by atoms with Gasteiger partial charge in [0.1, 0.15) is 5.75 Å². The molecule has 0 atom stereocenters. The van der Waals surface area contributed by atoms with E-state index < -0.39 is 0 Å². The third kappa shape index (κ3) is 3.23. The summed E-state index contributed by atoms with van der Waals surface area (Å²) in [6, 6.07) is 6.26. The lowest BCUT2D eigenvalue weighted by Crippen LogP contribution is -2.38. The van der Waals surface area contributed by atoms with Gasteiger partial charge in [-0.1, -0.05) is 18.9 Å². The smallest absolute Gasteiger partial charge is 0.133 e. The summed E-state index contributed by atoms with van der Waals surface area (Å²) in [6.45, 7) is 3.26. The minimum absolute atomic E-state index is 0.340. The molecule has 0 unspecified atom stereocenters. The molecule has 94 valence electrons. The summed E-state index contributed by atoms with van der Waals surface area (Å²) in [7, 11) is 1.69. The van der Waals surface area contributed by atoms with Crippen molar-refractivity contribution in [2.45, 2.75) is 44.7 Å². The molecule has 2 nitrogen and oxygen atoms in total. The molecule has 0 bridgehead atoms. The van der Waals surface area contributed by atoms with E-state index in [1.54, 1.807) is 7.11 Å². The van der Waals surface area contributed by atoms with Gasteiger partial charge in [0, 0.05) is 12.1 Å². The van der Waals surface area contributed by atoms with Crippen molar-refractivity contribution in [1.82, 2.24) is 5.32 Å². The molecule has 0 spiro atoms. The van der Waals surface area contributed by atoms with Crippen LogP contribution in [0, 0.1) is 0 Å². The minimum Gasteiger partial charge on any atom is -0.496 e. The summed E-state index contributed by atoms with van der Waals surface area (Å²) in [4.78, 5) is 0. The van der Waals surface area contributed by atoms with Gasteiger partial charge in [-0.25, -0.2) is 0 Å². The van der Waals surface area contributed by atoms with Crippen molar-refractivity contribution < 1.29 is 4.74 Å². The van der Waals surface area contributed by atoms with Crippen LogP contribution in [0.4, 0.5) is 0 Å². The van der Waals surface area contributed by atoms with Gasteiger partial charge in [0.25, 0.3) is 0 Å². The Hall–Kier alpha value is -0.540. The van der Waals surface area contributed by atoms with Gasteiger partial charge in [-0.05, 0) is 53.4 Å². The Morgan fingerprint density at radius 3 is 2.65 bits per heavy atom. The fraction of sp³-hybridized carbons (Fsp3) is 0.571. The van der Waals surface area contributed by atoms with Gasteiger partial charge < -0.3 is 10.1 Å². The first-order chi connectivity index (χ1) is 8.13. The molecule has 1 aliphatic rings. The Bertz CT molecular complexity index is 386. The molecule has 1 aliphatic carbocycles. The molecule has 1 saturated carbocycles. The zero-order valence-electron chi connectivity index (χ0n) is 10.6. The molecular weight excluding hydrogens is 278 g/mol. The molecule has 1 aromatic rings. The van der Waals surface area contributed by atoms with Crippen molar-refractivity contribution in [1.29, 1.82) is 0 Å². The lowest BCUT2D eigenvalue weighted by molar-refractivity contribution is 0.362. The number of benzene rings is 1. The molecule has 1 fully saturated rings. The molecule has 0 amide bonds. The summed E-state index contributed by atoms with van der Waals surface area (Å²) < 4.78 is 6.25. The molecule has 17 heavy (non-hydrogen) atoms. The second kappa shape index (κ2) is 5.40. The fourth-order valence-electron chi connectivity index (χ4n) is 2.47. The van der Waals surface area contributed by atoms with Crippen molar-refractivity contribution in [2.75, 3.05) is 7.11 Å². The van der Waals surface area contributed by atoms with Crippen LogP contribution < -0.4 is 10.1 Å². The third-order valence-corrected chi connectivity index (χ3v) is 4.26. The third-order valence-electron chi connectivity index (χ3n) is 3.64. The second-order valence-electron chi connectivity index (χ2n) is 5.09. The fourth-order valence-corrected chi connectivity index (χ4v) is 3.06. The van der Waals surface area contributed by atoms with Crippen LogP contribution in [-0.4, -0.2) is 12.6 Å². The van der Waals surface area contributed by atoms with Gasteiger partial charge in [-0.15, -0.1) is 0 Å². The van der Waals surface area contributed by atoms with Crippen molar-refractivity contribution in [3.05, 3.63) is 28.2 Å². The van der Waals surface area contributed by atoms with Crippen molar-refractivity contribution >= 4 is 15.9 Å². The first-order valence-corrected chi connectivity index (χ1v) is 7.00. The van der Waals surface area contributed by atoms with Gasteiger partial charge in [0.05, 0.1) is 11.6 Å². The van der Waals surface area contributed by atoms with Crippen molar-refractivity contribution in [2.24, 2.45) is 0 Å².